The van der Waals surface area contributed by atoms with Gasteiger partial charge >= 0.3 is 0 Å². The number of oxime groups is 1. The zero-order valence-electron chi connectivity index (χ0n) is 17.3. The summed E-state index contributed by atoms with van der Waals surface area (Å²) in [5, 5.41) is 15.3. The van der Waals surface area contributed by atoms with E-state index in [0.29, 0.717) is 31.1 Å². The summed E-state index contributed by atoms with van der Waals surface area (Å²) in [7, 11) is 0. The molecule has 0 radical (unpaired) electrons. The predicted molar refractivity (Wildman–Crippen MR) is 116 cm³/mol. The van der Waals surface area contributed by atoms with Crippen LogP contribution in [-0.4, -0.2) is 53.7 Å². The standard InChI is InChI=1S/C23H28ClFN2O3/c1-16(2)29-15-21(28)13-27(12-17-4-3-5-20(25)10-17)14-22-11-23(26-30-22)18-6-8-19(24)9-7-18/h3-10,16,21-22,28H,11-15H2,1-2H3/t21-,22-/m0/s1. The highest BCUT2D eigenvalue weighted by Gasteiger charge is 2.26. The minimum Gasteiger partial charge on any atom is -0.390 e. The lowest BCUT2D eigenvalue weighted by Crippen LogP contribution is -2.39. The molecule has 0 amide bonds. The van der Waals surface area contributed by atoms with Crippen molar-refractivity contribution >= 4 is 17.3 Å². The normalized spacial score (nSPS) is 17.3. The summed E-state index contributed by atoms with van der Waals surface area (Å²) in [6.07, 6.45) is -0.105. The van der Waals surface area contributed by atoms with Crippen molar-refractivity contribution in [2.24, 2.45) is 5.16 Å². The molecule has 1 N–H and O–H groups in total. The fraction of sp³-hybridized carbons (Fsp3) is 0.435. The van der Waals surface area contributed by atoms with Crippen molar-refractivity contribution in [3.05, 3.63) is 70.5 Å². The van der Waals surface area contributed by atoms with E-state index in [1.54, 1.807) is 6.07 Å². The lowest BCUT2D eigenvalue weighted by molar-refractivity contribution is -0.0194. The number of aliphatic hydroxyl groups is 1. The van der Waals surface area contributed by atoms with Gasteiger partial charge < -0.3 is 14.7 Å². The molecule has 1 heterocycles. The van der Waals surface area contributed by atoms with Gasteiger partial charge in [0, 0.05) is 31.1 Å². The molecular formula is C23H28ClFN2O3. The smallest absolute Gasteiger partial charge is 0.145 e. The molecule has 5 nitrogen and oxygen atoms in total. The molecule has 0 spiro atoms. The van der Waals surface area contributed by atoms with Crippen molar-refractivity contribution in [2.75, 3.05) is 19.7 Å². The molecule has 0 saturated carbocycles. The molecule has 3 rings (SSSR count). The molecule has 2 atom stereocenters. The van der Waals surface area contributed by atoms with E-state index in [2.05, 4.69) is 5.16 Å². The van der Waals surface area contributed by atoms with Crippen LogP contribution < -0.4 is 0 Å². The second-order valence-corrected chi connectivity index (χ2v) is 8.27. The van der Waals surface area contributed by atoms with Gasteiger partial charge in [0.25, 0.3) is 0 Å². The van der Waals surface area contributed by atoms with Crippen molar-refractivity contribution < 1.29 is 19.1 Å². The number of hydrogen-bond acceptors (Lipinski definition) is 5. The second-order valence-electron chi connectivity index (χ2n) is 7.84. The first-order valence-electron chi connectivity index (χ1n) is 10.1. The Morgan fingerprint density at radius 3 is 2.73 bits per heavy atom. The Morgan fingerprint density at radius 1 is 1.27 bits per heavy atom. The number of aliphatic hydroxyl groups excluding tert-OH is 1. The van der Waals surface area contributed by atoms with E-state index >= 15 is 0 Å². The van der Waals surface area contributed by atoms with Crippen LogP contribution >= 0.6 is 11.6 Å². The predicted octanol–water partition coefficient (Wildman–Crippen LogP) is 4.26. The van der Waals surface area contributed by atoms with Gasteiger partial charge in [0.05, 0.1) is 24.5 Å². The van der Waals surface area contributed by atoms with Gasteiger partial charge in [-0.2, -0.15) is 0 Å². The molecule has 30 heavy (non-hydrogen) atoms. The maximum atomic E-state index is 13.6. The molecule has 162 valence electrons. The van der Waals surface area contributed by atoms with E-state index < -0.39 is 6.10 Å². The van der Waals surface area contributed by atoms with Crippen LogP contribution in [0.2, 0.25) is 5.02 Å². The van der Waals surface area contributed by atoms with Crippen molar-refractivity contribution in [2.45, 2.75) is 45.1 Å². The van der Waals surface area contributed by atoms with Gasteiger partial charge in [0.15, 0.2) is 0 Å². The molecule has 0 aromatic heterocycles. The van der Waals surface area contributed by atoms with Gasteiger partial charge in [-0.15, -0.1) is 0 Å². The topological polar surface area (TPSA) is 54.3 Å². The van der Waals surface area contributed by atoms with Crippen LogP contribution in [-0.2, 0) is 16.1 Å². The average Bonchev–Trinajstić information content (AvgIpc) is 3.15. The molecule has 0 unspecified atom stereocenters. The molecule has 2 aromatic carbocycles. The Balaban J connectivity index is 1.62. The summed E-state index contributed by atoms with van der Waals surface area (Å²) in [6, 6.07) is 14.0. The minimum atomic E-state index is -0.654. The summed E-state index contributed by atoms with van der Waals surface area (Å²) < 4.78 is 19.1. The number of halogens is 2. The monoisotopic (exact) mass is 434 g/mol. The fourth-order valence-corrected chi connectivity index (χ4v) is 3.50. The lowest BCUT2D eigenvalue weighted by atomic mass is 10.0. The first kappa shape index (κ1) is 22.7. The largest absolute Gasteiger partial charge is 0.390 e. The van der Waals surface area contributed by atoms with E-state index in [0.717, 1.165) is 16.8 Å². The van der Waals surface area contributed by atoms with Crippen molar-refractivity contribution in [1.82, 2.24) is 4.90 Å². The van der Waals surface area contributed by atoms with E-state index in [-0.39, 0.29) is 24.6 Å². The maximum absolute atomic E-state index is 13.6. The lowest BCUT2D eigenvalue weighted by Gasteiger charge is -2.27. The Labute approximate surface area is 182 Å². The zero-order valence-corrected chi connectivity index (χ0v) is 18.1. The molecular weight excluding hydrogens is 407 g/mol. The highest BCUT2D eigenvalue weighted by atomic mass is 35.5. The van der Waals surface area contributed by atoms with E-state index in [1.165, 1.54) is 12.1 Å². The van der Waals surface area contributed by atoms with Crippen LogP contribution in [0.15, 0.2) is 53.7 Å². The fourth-order valence-electron chi connectivity index (χ4n) is 3.38. The van der Waals surface area contributed by atoms with Crippen molar-refractivity contribution in [1.29, 1.82) is 0 Å². The van der Waals surface area contributed by atoms with E-state index in [1.807, 2.05) is 49.1 Å². The molecule has 0 saturated heterocycles. The van der Waals surface area contributed by atoms with Gasteiger partial charge in [-0.1, -0.05) is 41.0 Å². The van der Waals surface area contributed by atoms with Crippen LogP contribution in [0.5, 0.6) is 0 Å². The number of benzene rings is 2. The zero-order chi connectivity index (χ0) is 21.5. The summed E-state index contributed by atoms with van der Waals surface area (Å²) in [5.74, 6) is -0.276. The van der Waals surface area contributed by atoms with Gasteiger partial charge in [-0.3, -0.25) is 4.90 Å². The quantitative estimate of drug-likeness (QED) is 0.607. The summed E-state index contributed by atoms with van der Waals surface area (Å²) in [4.78, 5) is 7.70. The van der Waals surface area contributed by atoms with Crippen LogP contribution in [0.3, 0.4) is 0 Å². The molecule has 2 aromatic rings. The Kier molecular flexibility index (Phi) is 8.22. The molecule has 0 fully saturated rings. The Morgan fingerprint density at radius 2 is 2.03 bits per heavy atom. The molecule has 1 aliphatic rings. The first-order valence-corrected chi connectivity index (χ1v) is 10.5. The van der Waals surface area contributed by atoms with Crippen LogP contribution in [0, 0.1) is 5.82 Å². The molecule has 7 heteroatoms. The number of ether oxygens (including phenoxy) is 1. The van der Waals surface area contributed by atoms with Crippen molar-refractivity contribution in [3.8, 4) is 0 Å². The average molecular weight is 435 g/mol. The molecule has 0 aliphatic carbocycles. The van der Waals surface area contributed by atoms with Crippen LogP contribution in [0.25, 0.3) is 0 Å². The summed E-state index contributed by atoms with van der Waals surface area (Å²) in [6.45, 7) is 5.54. The highest BCUT2D eigenvalue weighted by molar-refractivity contribution is 6.30. The number of nitrogens with zero attached hydrogens (tertiary/aromatic N) is 2. The molecule has 0 bridgehead atoms. The van der Waals surface area contributed by atoms with Gasteiger partial charge in [-0.05, 0) is 49.2 Å². The van der Waals surface area contributed by atoms with E-state index in [9.17, 15) is 9.50 Å². The van der Waals surface area contributed by atoms with Gasteiger partial charge in [-0.25, -0.2) is 4.39 Å². The molecule has 1 aliphatic heterocycles. The maximum Gasteiger partial charge on any atom is 0.145 e. The third-order valence-electron chi connectivity index (χ3n) is 4.76. The third-order valence-corrected chi connectivity index (χ3v) is 5.01. The highest BCUT2D eigenvalue weighted by Crippen LogP contribution is 2.20. The second kappa shape index (κ2) is 10.9. The number of hydrogen-bond donors (Lipinski definition) is 1. The summed E-state index contributed by atoms with van der Waals surface area (Å²) in [5.41, 5.74) is 2.68. The van der Waals surface area contributed by atoms with Gasteiger partial charge in [0.2, 0.25) is 0 Å². The SMILES string of the molecule is CC(C)OC[C@@H](O)CN(Cc1cccc(F)c1)C[C@@H]1CC(c2ccc(Cl)cc2)=NO1. The van der Waals surface area contributed by atoms with Crippen LogP contribution in [0.1, 0.15) is 31.4 Å². The summed E-state index contributed by atoms with van der Waals surface area (Å²) >= 11 is 5.96. The van der Waals surface area contributed by atoms with Gasteiger partial charge in [0.1, 0.15) is 11.9 Å². The minimum absolute atomic E-state index is 0.0461. The Bertz CT molecular complexity index is 845. The van der Waals surface area contributed by atoms with Crippen molar-refractivity contribution in [3.63, 3.8) is 0 Å². The Hall–Kier alpha value is -1.99. The third kappa shape index (κ3) is 7.06. The van der Waals surface area contributed by atoms with E-state index in [4.69, 9.17) is 21.2 Å². The first-order chi connectivity index (χ1) is 14.4. The number of rotatable bonds is 10. The van der Waals surface area contributed by atoms with Crippen LogP contribution in [0.4, 0.5) is 4.39 Å².